The molecule has 1 aliphatic rings. The van der Waals surface area contributed by atoms with Crippen LogP contribution in [0.1, 0.15) is 30.5 Å². The van der Waals surface area contributed by atoms with Gasteiger partial charge in [0.05, 0.1) is 24.2 Å². The lowest BCUT2D eigenvalue weighted by molar-refractivity contribution is -0.155. The summed E-state index contributed by atoms with van der Waals surface area (Å²) in [6, 6.07) is 9.72. The molecule has 0 radical (unpaired) electrons. The van der Waals surface area contributed by atoms with E-state index in [9.17, 15) is 18.3 Å². The highest BCUT2D eigenvalue weighted by Crippen LogP contribution is 2.24. The summed E-state index contributed by atoms with van der Waals surface area (Å²) in [6.45, 7) is 4.79. The number of hydrogen-bond acceptors (Lipinski definition) is 4. The third kappa shape index (κ3) is 5.48. The van der Waals surface area contributed by atoms with E-state index in [0.717, 1.165) is 18.7 Å². The van der Waals surface area contributed by atoms with Gasteiger partial charge in [0, 0.05) is 38.8 Å². The van der Waals surface area contributed by atoms with Gasteiger partial charge in [-0.15, -0.1) is 0 Å². The van der Waals surface area contributed by atoms with E-state index in [1.807, 2.05) is 23.1 Å². The Morgan fingerprint density at radius 1 is 1.25 bits per heavy atom. The van der Waals surface area contributed by atoms with Gasteiger partial charge in [-0.05, 0) is 24.6 Å². The molecule has 2 atom stereocenters. The van der Waals surface area contributed by atoms with Gasteiger partial charge < -0.3 is 5.11 Å². The van der Waals surface area contributed by atoms with Crippen LogP contribution in [0, 0.1) is 11.3 Å². The summed E-state index contributed by atoms with van der Waals surface area (Å²) in [4.78, 5) is 4.11. The third-order valence-corrected chi connectivity index (χ3v) is 4.39. The second-order valence-corrected chi connectivity index (χ2v) is 6.22. The summed E-state index contributed by atoms with van der Waals surface area (Å²) in [6.07, 6.45) is -6.87. The van der Waals surface area contributed by atoms with E-state index in [1.165, 1.54) is 0 Å². The lowest BCUT2D eigenvalue weighted by Gasteiger charge is -2.39. The van der Waals surface area contributed by atoms with Gasteiger partial charge >= 0.3 is 6.18 Å². The Bertz CT molecular complexity index is 577. The molecule has 0 aromatic heterocycles. The first-order valence-electron chi connectivity index (χ1n) is 8.00. The fourth-order valence-corrected chi connectivity index (χ4v) is 3.04. The number of aliphatic hydroxyl groups is 1. The molecule has 1 aliphatic heterocycles. The Labute approximate surface area is 140 Å². The van der Waals surface area contributed by atoms with Crippen LogP contribution in [0.25, 0.3) is 0 Å². The van der Waals surface area contributed by atoms with Gasteiger partial charge in [0.1, 0.15) is 0 Å². The van der Waals surface area contributed by atoms with E-state index in [4.69, 9.17) is 5.26 Å². The number of alkyl halides is 3. The van der Waals surface area contributed by atoms with Crippen molar-refractivity contribution in [2.75, 3.05) is 32.7 Å². The standard InChI is InChI=1S/C17H22F3N3O/c1-13(15-4-2-3-14(9-15)11-21)23-7-5-22(6-8-23)12-16(24)10-17(18,19)20/h2-4,9,13,16,24H,5-8,10,12H2,1H3/t13-,16+/m1/s1. The second kappa shape index (κ2) is 7.97. The van der Waals surface area contributed by atoms with Gasteiger partial charge in [0.25, 0.3) is 0 Å². The van der Waals surface area contributed by atoms with Crippen LogP contribution in [0.3, 0.4) is 0 Å². The van der Waals surface area contributed by atoms with Gasteiger partial charge in [-0.2, -0.15) is 18.4 Å². The molecule has 2 rings (SSSR count). The van der Waals surface area contributed by atoms with Crippen LogP contribution < -0.4 is 0 Å². The number of hydrogen-bond donors (Lipinski definition) is 1. The zero-order valence-electron chi connectivity index (χ0n) is 13.6. The maximum absolute atomic E-state index is 12.3. The summed E-state index contributed by atoms with van der Waals surface area (Å²) in [5.41, 5.74) is 1.67. The molecule has 24 heavy (non-hydrogen) atoms. The lowest BCUT2D eigenvalue weighted by Crippen LogP contribution is -2.49. The van der Waals surface area contributed by atoms with E-state index < -0.39 is 18.7 Å². The van der Waals surface area contributed by atoms with Gasteiger partial charge in [0.15, 0.2) is 0 Å². The van der Waals surface area contributed by atoms with Crippen molar-refractivity contribution >= 4 is 0 Å². The molecule has 1 saturated heterocycles. The van der Waals surface area contributed by atoms with E-state index >= 15 is 0 Å². The maximum Gasteiger partial charge on any atom is 0.391 e. The zero-order valence-corrected chi connectivity index (χ0v) is 13.6. The number of β-amino-alcohol motifs (C(OH)–C–C–N with tert-alkyl or cyclic N) is 1. The molecule has 132 valence electrons. The molecule has 0 bridgehead atoms. The molecule has 1 heterocycles. The van der Waals surface area contributed by atoms with Crippen LogP contribution in [0.4, 0.5) is 13.2 Å². The third-order valence-electron chi connectivity index (χ3n) is 4.39. The summed E-state index contributed by atoms with van der Waals surface area (Å²) >= 11 is 0. The molecule has 4 nitrogen and oxygen atoms in total. The Hall–Kier alpha value is -1.62. The number of piperazine rings is 1. The van der Waals surface area contributed by atoms with E-state index in [2.05, 4.69) is 17.9 Å². The fraction of sp³-hybridized carbons (Fsp3) is 0.588. The van der Waals surface area contributed by atoms with Crippen LogP contribution in [0.5, 0.6) is 0 Å². The number of aliphatic hydroxyl groups excluding tert-OH is 1. The Balaban J connectivity index is 1.85. The Morgan fingerprint density at radius 2 is 1.92 bits per heavy atom. The minimum Gasteiger partial charge on any atom is -0.391 e. The maximum atomic E-state index is 12.3. The molecule has 1 fully saturated rings. The highest BCUT2D eigenvalue weighted by Gasteiger charge is 2.32. The number of benzene rings is 1. The molecule has 7 heteroatoms. The molecular weight excluding hydrogens is 319 g/mol. The van der Waals surface area contributed by atoms with E-state index in [1.54, 1.807) is 6.07 Å². The molecule has 1 N–H and O–H groups in total. The topological polar surface area (TPSA) is 50.5 Å². The summed E-state index contributed by atoms with van der Waals surface area (Å²) in [7, 11) is 0. The summed E-state index contributed by atoms with van der Waals surface area (Å²) < 4.78 is 36.8. The second-order valence-electron chi connectivity index (χ2n) is 6.22. The molecule has 0 saturated carbocycles. The largest absolute Gasteiger partial charge is 0.391 e. The minimum absolute atomic E-state index is 0.0473. The van der Waals surface area contributed by atoms with Crippen LogP contribution in [0.2, 0.25) is 0 Å². The molecule has 0 amide bonds. The Morgan fingerprint density at radius 3 is 2.50 bits per heavy atom. The SMILES string of the molecule is C[C@H](c1cccc(C#N)c1)N1CCN(C[C@@H](O)CC(F)(F)F)CC1. The molecule has 0 spiro atoms. The Kier molecular flexibility index (Phi) is 6.21. The van der Waals surface area contributed by atoms with Crippen molar-refractivity contribution in [3.63, 3.8) is 0 Å². The monoisotopic (exact) mass is 341 g/mol. The fourth-order valence-electron chi connectivity index (χ4n) is 3.04. The smallest absolute Gasteiger partial charge is 0.391 e. The van der Waals surface area contributed by atoms with Crippen molar-refractivity contribution in [2.45, 2.75) is 31.7 Å². The normalized spacial score (nSPS) is 19.7. The average Bonchev–Trinajstić information content (AvgIpc) is 2.53. The number of nitrogens with zero attached hydrogens (tertiary/aromatic N) is 3. The first-order valence-corrected chi connectivity index (χ1v) is 8.00. The van der Waals surface area contributed by atoms with Crippen LogP contribution in [0.15, 0.2) is 24.3 Å². The zero-order chi connectivity index (χ0) is 17.7. The van der Waals surface area contributed by atoms with E-state index in [-0.39, 0.29) is 12.6 Å². The number of nitriles is 1. The summed E-state index contributed by atoms with van der Waals surface area (Å²) in [5.74, 6) is 0. The van der Waals surface area contributed by atoms with Crippen molar-refractivity contribution < 1.29 is 18.3 Å². The van der Waals surface area contributed by atoms with Gasteiger partial charge in [-0.1, -0.05) is 12.1 Å². The van der Waals surface area contributed by atoms with Crippen LogP contribution >= 0.6 is 0 Å². The molecule has 0 aliphatic carbocycles. The van der Waals surface area contributed by atoms with Crippen molar-refractivity contribution in [1.82, 2.24) is 9.80 Å². The molecular formula is C17H22F3N3O. The van der Waals surface area contributed by atoms with Crippen LogP contribution in [-0.2, 0) is 0 Å². The van der Waals surface area contributed by atoms with Crippen LogP contribution in [-0.4, -0.2) is 59.9 Å². The van der Waals surface area contributed by atoms with Crippen molar-refractivity contribution in [3.05, 3.63) is 35.4 Å². The minimum atomic E-state index is -4.33. The highest BCUT2D eigenvalue weighted by atomic mass is 19.4. The molecule has 1 aromatic carbocycles. The first kappa shape index (κ1) is 18.7. The van der Waals surface area contributed by atoms with Gasteiger partial charge in [-0.25, -0.2) is 0 Å². The van der Waals surface area contributed by atoms with Crippen molar-refractivity contribution in [3.8, 4) is 6.07 Å². The predicted octanol–water partition coefficient (Wildman–Crippen LogP) is 2.55. The number of rotatable bonds is 5. The first-order chi connectivity index (χ1) is 11.3. The number of halogens is 3. The lowest BCUT2D eigenvalue weighted by atomic mass is 10.0. The van der Waals surface area contributed by atoms with Gasteiger partial charge in [-0.3, -0.25) is 9.80 Å². The predicted molar refractivity (Wildman–Crippen MR) is 84.3 cm³/mol. The molecule has 1 aromatic rings. The average molecular weight is 341 g/mol. The van der Waals surface area contributed by atoms with Gasteiger partial charge in [0.2, 0.25) is 0 Å². The quantitative estimate of drug-likeness (QED) is 0.894. The van der Waals surface area contributed by atoms with Crippen molar-refractivity contribution in [1.29, 1.82) is 5.26 Å². The van der Waals surface area contributed by atoms with Crippen molar-refractivity contribution in [2.24, 2.45) is 0 Å². The summed E-state index contributed by atoms with van der Waals surface area (Å²) in [5, 5.41) is 18.5. The van der Waals surface area contributed by atoms with E-state index in [0.29, 0.717) is 18.7 Å². The molecule has 0 unspecified atom stereocenters. The highest BCUT2D eigenvalue weighted by molar-refractivity contribution is 5.34.